The van der Waals surface area contributed by atoms with Crippen LogP contribution in [-0.4, -0.2) is 46.6 Å². The van der Waals surface area contributed by atoms with E-state index in [-0.39, 0.29) is 18.4 Å². The molecule has 4 rings (SSSR count). The van der Waals surface area contributed by atoms with Crippen LogP contribution in [0.1, 0.15) is 49.6 Å². The molecular formula is C28H32ClFN4O3. The Kier molecular flexibility index (Phi) is 9.30. The third kappa shape index (κ3) is 7.63. The molecule has 1 aliphatic rings. The Hall–Kier alpha value is -3.23. The van der Waals surface area contributed by atoms with E-state index >= 15 is 0 Å². The zero-order valence-corrected chi connectivity index (χ0v) is 21.9. The number of anilines is 1. The summed E-state index contributed by atoms with van der Waals surface area (Å²) in [6.45, 7) is 6.67. The van der Waals surface area contributed by atoms with Crippen LogP contribution >= 0.6 is 11.6 Å². The highest BCUT2D eigenvalue weighted by atomic mass is 35.5. The number of ether oxygens (including phenoxy) is 2. The van der Waals surface area contributed by atoms with Gasteiger partial charge in [-0.25, -0.2) is 14.2 Å². The van der Waals surface area contributed by atoms with E-state index < -0.39 is 6.04 Å². The summed E-state index contributed by atoms with van der Waals surface area (Å²) in [7, 11) is 0. The van der Waals surface area contributed by atoms with Gasteiger partial charge in [0.2, 0.25) is 5.88 Å². The van der Waals surface area contributed by atoms with Crippen molar-refractivity contribution in [1.29, 1.82) is 0 Å². The molecule has 2 aromatic heterocycles. The number of halogens is 2. The number of hydrogen-bond acceptors (Lipinski definition) is 7. The summed E-state index contributed by atoms with van der Waals surface area (Å²) in [5.74, 6) is 0.166. The Morgan fingerprint density at radius 3 is 2.73 bits per heavy atom. The average Bonchev–Trinajstić information content (AvgIpc) is 2.90. The van der Waals surface area contributed by atoms with Crippen molar-refractivity contribution >= 4 is 23.3 Å². The highest BCUT2D eigenvalue weighted by Gasteiger charge is 2.22. The lowest BCUT2D eigenvalue weighted by molar-refractivity contribution is -0.143. The number of hydrogen-bond donors (Lipinski definition) is 1. The maximum atomic E-state index is 14.0. The molecule has 3 aromatic rings. The topological polar surface area (TPSA) is 76.6 Å². The van der Waals surface area contributed by atoms with E-state index in [2.05, 4.69) is 20.2 Å². The molecule has 9 heteroatoms. The zero-order chi connectivity index (χ0) is 26.2. The Labute approximate surface area is 222 Å². The van der Waals surface area contributed by atoms with Gasteiger partial charge in [-0.3, -0.25) is 9.88 Å². The van der Waals surface area contributed by atoms with Gasteiger partial charge >= 0.3 is 5.97 Å². The first-order valence-corrected chi connectivity index (χ1v) is 12.9. The summed E-state index contributed by atoms with van der Waals surface area (Å²) in [5, 5.41) is 3.48. The molecule has 3 heterocycles. The van der Waals surface area contributed by atoms with Crippen LogP contribution in [0.2, 0.25) is 5.02 Å². The molecule has 1 aliphatic heterocycles. The minimum absolute atomic E-state index is 0.0982. The summed E-state index contributed by atoms with van der Waals surface area (Å²) in [4.78, 5) is 23.4. The maximum Gasteiger partial charge on any atom is 0.328 e. The van der Waals surface area contributed by atoms with Gasteiger partial charge in [-0.05, 0) is 70.1 Å². The fraction of sp³-hybridized carbons (Fsp3) is 0.393. The summed E-state index contributed by atoms with van der Waals surface area (Å²) >= 11 is 5.82. The Balaban J connectivity index is 1.25. The molecule has 0 spiro atoms. The van der Waals surface area contributed by atoms with E-state index in [0.29, 0.717) is 29.0 Å². The van der Waals surface area contributed by atoms with Gasteiger partial charge in [-0.2, -0.15) is 0 Å². The lowest BCUT2D eigenvalue weighted by atomic mass is 9.93. The van der Waals surface area contributed by atoms with E-state index in [1.165, 1.54) is 6.07 Å². The van der Waals surface area contributed by atoms with Crippen LogP contribution in [0.15, 0.2) is 54.7 Å². The van der Waals surface area contributed by atoms with Crippen LogP contribution in [0.25, 0.3) is 0 Å². The Bertz CT molecular complexity index is 1190. The van der Waals surface area contributed by atoms with Gasteiger partial charge in [0.05, 0.1) is 24.2 Å². The number of aromatic nitrogens is 2. The van der Waals surface area contributed by atoms with Crippen molar-refractivity contribution < 1.29 is 18.7 Å². The minimum atomic E-state index is -0.428. The maximum absolute atomic E-state index is 14.0. The van der Waals surface area contributed by atoms with Crippen molar-refractivity contribution in [1.82, 2.24) is 14.9 Å². The number of rotatable bonds is 10. The van der Waals surface area contributed by atoms with E-state index in [0.717, 1.165) is 49.6 Å². The van der Waals surface area contributed by atoms with Crippen LogP contribution < -0.4 is 10.1 Å². The molecule has 1 aromatic carbocycles. The summed E-state index contributed by atoms with van der Waals surface area (Å²) < 4.78 is 24.8. The van der Waals surface area contributed by atoms with E-state index in [4.69, 9.17) is 21.1 Å². The predicted octanol–water partition coefficient (Wildman–Crippen LogP) is 5.59. The predicted molar refractivity (Wildman–Crippen MR) is 141 cm³/mol. The van der Waals surface area contributed by atoms with Gasteiger partial charge in [0.25, 0.3) is 0 Å². The van der Waals surface area contributed by atoms with Crippen LogP contribution in [0.5, 0.6) is 5.88 Å². The van der Waals surface area contributed by atoms with Crippen molar-refractivity contribution in [2.24, 2.45) is 0 Å². The first-order chi connectivity index (χ1) is 17.9. The average molecular weight is 527 g/mol. The first kappa shape index (κ1) is 26.8. The van der Waals surface area contributed by atoms with Gasteiger partial charge < -0.3 is 14.8 Å². The second-order valence-corrected chi connectivity index (χ2v) is 9.57. The van der Waals surface area contributed by atoms with Crippen molar-refractivity contribution in [3.8, 4) is 5.88 Å². The molecule has 196 valence electrons. The molecule has 7 nitrogen and oxygen atoms in total. The molecule has 1 saturated heterocycles. The first-order valence-electron chi connectivity index (χ1n) is 12.6. The summed E-state index contributed by atoms with van der Waals surface area (Å²) in [5.41, 5.74) is 3.21. The van der Waals surface area contributed by atoms with Gasteiger partial charge in [-0.1, -0.05) is 23.7 Å². The molecule has 1 unspecified atom stereocenters. The molecule has 0 bridgehead atoms. The number of carbonyl (C=O) groups excluding carboxylic acids is 1. The number of esters is 1. The quantitative estimate of drug-likeness (QED) is 0.345. The van der Waals surface area contributed by atoms with Crippen molar-refractivity contribution in [3.63, 3.8) is 0 Å². The lowest BCUT2D eigenvalue weighted by Crippen LogP contribution is -2.33. The number of piperidine rings is 1. The Morgan fingerprint density at radius 1 is 1.22 bits per heavy atom. The third-order valence-corrected chi connectivity index (χ3v) is 6.61. The molecule has 37 heavy (non-hydrogen) atoms. The molecule has 0 saturated carbocycles. The van der Waals surface area contributed by atoms with E-state index in [9.17, 15) is 9.18 Å². The second kappa shape index (κ2) is 12.8. The molecule has 0 amide bonds. The van der Waals surface area contributed by atoms with E-state index in [1.54, 1.807) is 38.2 Å². The van der Waals surface area contributed by atoms with Gasteiger partial charge in [0.1, 0.15) is 18.5 Å². The number of likely N-dealkylation sites (tertiary alicyclic amines) is 1. The van der Waals surface area contributed by atoms with Crippen molar-refractivity contribution in [2.75, 3.05) is 25.0 Å². The summed E-state index contributed by atoms with van der Waals surface area (Å²) in [6, 6.07) is 13.8. The molecular weight excluding hydrogens is 495 g/mol. The van der Waals surface area contributed by atoms with Crippen LogP contribution in [0.3, 0.4) is 0 Å². The number of benzene rings is 1. The lowest BCUT2D eigenvalue weighted by Gasteiger charge is -2.31. The molecule has 1 fully saturated rings. The molecule has 0 radical (unpaired) electrons. The largest absolute Gasteiger partial charge is 0.473 e. The fourth-order valence-electron chi connectivity index (χ4n) is 4.32. The Morgan fingerprint density at radius 2 is 2.03 bits per heavy atom. The third-order valence-electron chi connectivity index (χ3n) is 6.38. The molecule has 1 atom stereocenters. The normalized spacial score (nSPS) is 15.2. The standard InChI is InChI=1S/C28H32ClFN4O3/c1-3-36-28(35)19(2)32-23-9-10-24(31-16-23)17-34-13-11-20(12-14-34)26-5-4-6-27(33-26)37-18-21-7-8-22(29)15-25(21)30/h4-10,15-16,19-20,32H,3,11-14,17-18H2,1-2H3. The number of carbonyl (C=O) groups is 1. The van der Waals surface area contributed by atoms with Crippen LogP contribution in [-0.2, 0) is 22.7 Å². The number of pyridine rings is 2. The monoisotopic (exact) mass is 526 g/mol. The SMILES string of the molecule is CCOC(=O)C(C)Nc1ccc(CN2CCC(c3cccc(OCc4ccc(Cl)cc4F)n3)CC2)nc1. The smallest absolute Gasteiger partial charge is 0.328 e. The van der Waals surface area contributed by atoms with Crippen molar-refractivity contribution in [2.45, 2.75) is 51.8 Å². The van der Waals surface area contributed by atoms with Crippen LogP contribution in [0, 0.1) is 5.82 Å². The van der Waals surface area contributed by atoms with Gasteiger partial charge in [0, 0.05) is 34.8 Å². The second-order valence-electron chi connectivity index (χ2n) is 9.13. The fourth-order valence-corrected chi connectivity index (χ4v) is 4.48. The van der Waals surface area contributed by atoms with E-state index in [1.807, 2.05) is 24.3 Å². The van der Waals surface area contributed by atoms with Crippen molar-refractivity contribution in [3.05, 3.63) is 82.5 Å². The van der Waals surface area contributed by atoms with Gasteiger partial charge in [0.15, 0.2) is 0 Å². The number of nitrogens with one attached hydrogen (secondary N) is 1. The minimum Gasteiger partial charge on any atom is -0.473 e. The molecule has 0 aliphatic carbocycles. The number of nitrogens with zero attached hydrogens (tertiary/aromatic N) is 3. The highest BCUT2D eigenvalue weighted by molar-refractivity contribution is 6.30. The zero-order valence-electron chi connectivity index (χ0n) is 21.1. The van der Waals surface area contributed by atoms with Gasteiger partial charge in [-0.15, -0.1) is 0 Å². The highest BCUT2D eigenvalue weighted by Crippen LogP contribution is 2.29. The summed E-state index contributed by atoms with van der Waals surface area (Å²) in [6.07, 6.45) is 3.72. The van der Waals surface area contributed by atoms with Crippen LogP contribution in [0.4, 0.5) is 10.1 Å². The molecule has 1 N–H and O–H groups in total.